The van der Waals surface area contributed by atoms with E-state index in [9.17, 15) is 8.78 Å². The molecule has 0 saturated carbocycles. The van der Waals surface area contributed by atoms with Gasteiger partial charge in [-0.15, -0.1) is 0 Å². The summed E-state index contributed by atoms with van der Waals surface area (Å²) >= 11 is 5.85. The molecular formula is C14H18ClF2NO. The summed E-state index contributed by atoms with van der Waals surface area (Å²) in [5.41, 5.74) is 0.532. The molecule has 0 unspecified atom stereocenters. The second-order valence-corrected chi connectivity index (χ2v) is 5.53. The van der Waals surface area contributed by atoms with Crippen LogP contribution in [0.15, 0.2) is 24.3 Å². The van der Waals surface area contributed by atoms with Crippen LogP contribution >= 0.6 is 11.6 Å². The lowest BCUT2D eigenvalue weighted by atomic mass is 10.1. The number of rotatable bonds is 5. The van der Waals surface area contributed by atoms with E-state index in [1.807, 2.05) is 26.8 Å². The molecule has 0 aliphatic heterocycles. The van der Waals surface area contributed by atoms with E-state index in [0.717, 1.165) is 0 Å². The first-order chi connectivity index (χ1) is 8.78. The number of alkyl halides is 2. The van der Waals surface area contributed by atoms with Crippen molar-refractivity contribution in [3.63, 3.8) is 0 Å². The van der Waals surface area contributed by atoms with Gasteiger partial charge in [-0.25, -0.2) is 0 Å². The summed E-state index contributed by atoms with van der Waals surface area (Å²) in [7, 11) is 0. The molecule has 1 aromatic rings. The SMILES string of the molecule is CC(C)(C)NCC=Cc1cc(Cl)ccc1OC(F)F. The minimum Gasteiger partial charge on any atom is -0.434 e. The average Bonchev–Trinajstić information content (AvgIpc) is 2.26. The van der Waals surface area contributed by atoms with Crippen LogP contribution in [0.2, 0.25) is 5.02 Å². The number of halogens is 3. The minimum atomic E-state index is -2.85. The maximum absolute atomic E-state index is 12.3. The van der Waals surface area contributed by atoms with Crippen LogP contribution in [0, 0.1) is 0 Å². The molecule has 0 spiro atoms. The van der Waals surface area contributed by atoms with Crippen molar-refractivity contribution in [1.29, 1.82) is 0 Å². The molecule has 0 radical (unpaired) electrons. The molecule has 0 saturated heterocycles. The minimum absolute atomic E-state index is 0.000968. The van der Waals surface area contributed by atoms with Gasteiger partial charge in [0.15, 0.2) is 0 Å². The van der Waals surface area contributed by atoms with Gasteiger partial charge in [0.2, 0.25) is 0 Å². The predicted octanol–water partition coefficient (Wildman–Crippen LogP) is 4.34. The predicted molar refractivity (Wildman–Crippen MR) is 74.9 cm³/mol. The fourth-order valence-electron chi connectivity index (χ4n) is 1.40. The van der Waals surface area contributed by atoms with Crippen molar-refractivity contribution in [2.24, 2.45) is 0 Å². The molecule has 0 aromatic heterocycles. The number of ether oxygens (including phenoxy) is 1. The largest absolute Gasteiger partial charge is 0.434 e. The molecule has 1 rings (SSSR count). The molecule has 19 heavy (non-hydrogen) atoms. The van der Waals surface area contributed by atoms with Crippen LogP contribution in [0.5, 0.6) is 5.75 Å². The van der Waals surface area contributed by atoms with Crippen LogP contribution in [0.3, 0.4) is 0 Å². The monoisotopic (exact) mass is 289 g/mol. The molecule has 2 nitrogen and oxygen atoms in total. The molecule has 0 aliphatic carbocycles. The van der Waals surface area contributed by atoms with Crippen LogP contribution < -0.4 is 10.1 Å². The number of hydrogen-bond donors (Lipinski definition) is 1. The Labute approximate surface area is 117 Å². The van der Waals surface area contributed by atoms with Crippen molar-refractivity contribution in [1.82, 2.24) is 5.32 Å². The normalized spacial score (nSPS) is 12.4. The molecule has 106 valence electrons. The average molecular weight is 290 g/mol. The molecule has 0 aliphatic rings. The van der Waals surface area contributed by atoms with Gasteiger partial charge in [-0.1, -0.05) is 23.8 Å². The van der Waals surface area contributed by atoms with E-state index in [1.54, 1.807) is 12.1 Å². The molecule has 1 N–H and O–H groups in total. The summed E-state index contributed by atoms with van der Waals surface area (Å²) in [6.07, 6.45) is 3.55. The van der Waals surface area contributed by atoms with Gasteiger partial charge >= 0.3 is 6.61 Å². The molecule has 5 heteroatoms. The van der Waals surface area contributed by atoms with Crippen LogP contribution in [-0.2, 0) is 0 Å². The van der Waals surface area contributed by atoms with Crippen LogP contribution in [0.1, 0.15) is 26.3 Å². The standard InChI is InChI=1S/C14H18ClF2NO/c1-14(2,3)18-8-4-5-10-9-11(15)6-7-12(10)19-13(16)17/h4-7,9,13,18H,8H2,1-3H3. The third-order valence-electron chi connectivity index (χ3n) is 2.24. The van der Waals surface area contributed by atoms with E-state index in [0.29, 0.717) is 17.1 Å². The van der Waals surface area contributed by atoms with Crippen molar-refractivity contribution in [3.05, 3.63) is 34.9 Å². The number of nitrogens with one attached hydrogen (secondary N) is 1. The summed E-state index contributed by atoms with van der Waals surface area (Å²) in [6, 6.07) is 4.54. The van der Waals surface area contributed by atoms with Gasteiger partial charge in [0.1, 0.15) is 5.75 Å². The van der Waals surface area contributed by atoms with Crippen molar-refractivity contribution in [3.8, 4) is 5.75 Å². The van der Waals surface area contributed by atoms with Crippen molar-refractivity contribution < 1.29 is 13.5 Å². The Morgan fingerprint density at radius 1 is 1.37 bits per heavy atom. The number of hydrogen-bond acceptors (Lipinski definition) is 2. The Morgan fingerprint density at radius 2 is 2.05 bits per heavy atom. The lowest BCUT2D eigenvalue weighted by Crippen LogP contribution is -2.35. The van der Waals surface area contributed by atoms with Crippen LogP contribution in [0.4, 0.5) is 8.78 Å². The first-order valence-electron chi connectivity index (χ1n) is 5.94. The van der Waals surface area contributed by atoms with E-state index >= 15 is 0 Å². The number of benzene rings is 1. The third-order valence-corrected chi connectivity index (χ3v) is 2.47. The zero-order valence-corrected chi connectivity index (χ0v) is 12.0. The van der Waals surface area contributed by atoms with E-state index < -0.39 is 6.61 Å². The second-order valence-electron chi connectivity index (χ2n) is 5.09. The molecule has 1 aromatic carbocycles. The van der Waals surface area contributed by atoms with E-state index in [1.165, 1.54) is 12.1 Å². The lowest BCUT2D eigenvalue weighted by molar-refractivity contribution is -0.0499. The van der Waals surface area contributed by atoms with E-state index in [4.69, 9.17) is 11.6 Å². The zero-order valence-electron chi connectivity index (χ0n) is 11.2. The Morgan fingerprint density at radius 3 is 2.63 bits per heavy atom. The van der Waals surface area contributed by atoms with E-state index in [-0.39, 0.29) is 11.3 Å². The topological polar surface area (TPSA) is 21.3 Å². The van der Waals surface area contributed by atoms with Gasteiger partial charge in [-0.05, 0) is 39.0 Å². The molecule has 0 heterocycles. The molecule has 0 bridgehead atoms. The van der Waals surface area contributed by atoms with Crippen LogP contribution in [-0.4, -0.2) is 18.7 Å². The zero-order chi connectivity index (χ0) is 14.5. The fraction of sp³-hybridized carbons (Fsp3) is 0.429. The smallest absolute Gasteiger partial charge is 0.387 e. The second kappa shape index (κ2) is 6.87. The molecule has 0 atom stereocenters. The van der Waals surface area contributed by atoms with E-state index in [2.05, 4.69) is 10.1 Å². The lowest BCUT2D eigenvalue weighted by Gasteiger charge is -2.19. The Bertz CT molecular complexity index is 442. The van der Waals surface area contributed by atoms with Crippen LogP contribution in [0.25, 0.3) is 6.08 Å². The highest BCUT2D eigenvalue weighted by Crippen LogP contribution is 2.25. The van der Waals surface area contributed by atoms with Crippen molar-refractivity contribution >= 4 is 17.7 Å². The van der Waals surface area contributed by atoms with Gasteiger partial charge in [0, 0.05) is 22.7 Å². The fourth-order valence-corrected chi connectivity index (χ4v) is 1.58. The quantitative estimate of drug-likeness (QED) is 0.870. The maximum Gasteiger partial charge on any atom is 0.387 e. The third kappa shape index (κ3) is 6.55. The maximum atomic E-state index is 12.3. The van der Waals surface area contributed by atoms with Gasteiger partial charge in [-0.2, -0.15) is 8.78 Å². The highest BCUT2D eigenvalue weighted by Gasteiger charge is 2.09. The first kappa shape index (κ1) is 15.9. The summed E-state index contributed by atoms with van der Waals surface area (Å²) < 4.78 is 28.9. The molecular weight excluding hydrogens is 272 g/mol. The van der Waals surface area contributed by atoms with Gasteiger partial charge in [0.25, 0.3) is 0 Å². The first-order valence-corrected chi connectivity index (χ1v) is 6.32. The molecule has 0 fully saturated rings. The Hall–Kier alpha value is -1.13. The van der Waals surface area contributed by atoms with Gasteiger partial charge < -0.3 is 10.1 Å². The Kier molecular flexibility index (Phi) is 5.76. The molecule has 0 amide bonds. The van der Waals surface area contributed by atoms with Crippen molar-refractivity contribution in [2.75, 3.05) is 6.54 Å². The summed E-state index contributed by atoms with van der Waals surface area (Å²) in [4.78, 5) is 0. The summed E-state index contributed by atoms with van der Waals surface area (Å²) in [5, 5.41) is 3.74. The van der Waals surface area contributed by atoms with Gasteiger partial charge in [-0.3, -0.25) is 0 Å². The van der Waals surface area contributed by atoms with Gasteiger partial charge in [0.05, 0.1) is 0 Å². The summed E-state index contributed by atoms with van der Waals surface area (Å²) in [5.74, 6) is 0.117. The summed E-state index contributed by atoms with van der Waals surface area (Å²) in [6.45, 7) is 3.92. The van der Waals surface area contributed by atoms with Crippen molar-refractivity contribution in [2.45, 2.75) is 32.9 Å². The highest BCUT2D eigenvalue weighted by molar-refractivity contribution is 6.30. The Balaban J connectivity index is 2.75. The highest BCUT2D eigenvalue weighted by atomic mass is 35.5.